The van der Waals surface area contributed by atoms with Gasteiger partial charge in [-0.1, -0.05) is 0 Å². The van der Waals surface area contributed by atoms with Crippen molar-refractivity contribution in [2.75, 3.05) is 5.32 Å². The molecule has 1 aliphatic carbocycles. The van der Waals surface area contributed by atoms with Crippen molar-refractivity contribution < 1.29 is 14.7 Å². The Morgan fingerprint density at radius 1 is 1.42 bits per heavy atom. The molecule has 0 aliphatic heterocycles. The Morgan fingerprint density at radius 2 is 2.11 bits per heavy atom. The number of aromatic carboxylic acids is 1. The Bertz CT molecular complexity index is 527. The number of amides is 1. The van der Waals surface area contributed by atoms with E-state index >= 15 is 0 Å². The van der Waals surface area contributed by atoms with Gasteiger partial charge in [-0.05, 0) is 60.1 Å². The van der Waals surface area contributed by atoms with Gasteiger partial charge in [0.25, 0.3) is 0 Å². The molecule has 5 nitrogen and oxygen atoms in total. The lowest BCUT2D eigenvalue weighted by atomic mass is 9.75. The number of hydrogen-bond acceptors (Lipinski definition) is 3. The maximum atomic E-state index is 11.9. The van der Waals surface area contributed by atoms with Gasteiger partial charge in [0.15, 0.2) is 0 Å². The van der Waals surface area contributed by atoms with Gasteiger partial charge >= 0.3 is 5.97 Å². The molecule has 6 heteroatoms. The Balaban J connectivity index is 2.10. The van der Waals surface area contributed by atoms with Crippen molar-refractivity contribution in [3.8, 4) is 0 Å². The maximum absolute atomic E-state index is 11.9. The quantitative estimate of drug-likeness (QED) is 0.705. The largest absolute Gasteiger partial charge is 0.478 e. The fourth-order valence-electron chi connectivity index (χ4n) is 2.12. The number of halogens is 1. The van der Waals surface area contributed by atoms with E-state index in [1.807, 2.05) is 22.6 Å². The van der Waals surface area contributed by atoms with E-state index in [0.29, 0.717) is 5.69 Å². The van der Waals surface area contributed by atoms with Crippen molar-refractivity contribution in [1.29, 1.82) is 0 Å². The first-order valence-electron chi connectivity index (χ1n) is 6.01. The van der Waals surface area contributed by atoms with Crippen LogP contribution in [0.4, 0.5) is 5.69 Å². The first-order valence-corrected chi connectivity index (χ1v) is 7.09. The lowest BCUT2D eigenvalue weighted by Crippen LogP contribution is -2.49. The number of anilines is 1. The van der Waals surface area contributed by atoms with Crippen LogP contribution in [-0.2, 0) is 4.79 Å². The highest BCUT2D eigenvalue weighted by Gasteiger charge is 2.34. The van der Waals surface area contributed by atoms with Crippen LogP contribution in [0.1, 0.15) is 36.0 Å². The molecule has 4 N–H and O–H groups in total. The Kier molecular flexibility index (Phi) is 4.10. The third kappa shape index (κ3) is 3.44. The zero-order valence-corrected chi connectivity index (χ0v) is 12.4. The highest BCUT2D eigenvalue weighted by Crippen LogP contribution is 2.32. The molecule has 1 aromatic rings. The molecule has 0 atom stereocenters. The standard InChI is InChI=1S/C13H15IN2O3/c14-8-2-3-10(9(6-8)12(18)19)16-11(17)7-13(15)4-1-5-13/h2-3,6H,1,4-5,7,15H2,(H,16,17)(H,18,19). The van der Waals surface area contributed by atoms with Crippen LogP contribution < -0.4 is 11.1 Å². The minimum Gasteiger partial charge on any atom is -0.478 e. The van der Waals surface area contributed by atoms with Crippen LogP contribution in [-0.4, -0.2) is 22.5 Å². The van der Waals surface area contributed by atoms with Crippen LogP contribution in [0.25, 0.3) is 0 Å². The van der Waals surface area contributed by atoms with Crippen molar-refractivity contribution in [3.63, 3.8) is 0 Å². The molecule has 1 saturated carbocycles. The molecule has 0 aromatic heterocycles. The number of carbonyl (C=O) groups excluding carboxylic acids is 1. The van der Waals surface area contributed by atoms with Gasteiger partial charge in [-0.15, -0.1) is 0 Å². The van der Waals surface area contributed by atoms with Crippen molar-refractivity contribution >= 4 is 40.2 Å². The van der Waals surface area contributed by atoms with E-state index in [1.165, 1.54) is 6.07 Å². The van der Waals surface area contributed by atoms with Crippen LogP contribution in [0.5, 0.6) is 0 Å². The van der Waals surface area contributed by atoms with E-state index in [9.17, 15) is 9.59 Å². The summed E-state index contributed by atoms with van der Waals surface area (Å²) in [5.74, 6) is -1.29. The van der Waals surface area contributed by atoms with Crippen LogP contribution in [0.2, 0.25) is 0 Å². The van der Waals surface area contributed by atoms with Crippen molar-refractivity contribution in [1.82, 2.24) is 0 Å². The summed E-state index contributed by atoms with van der Waals surface area (Å²) in [6.07, 6.45) is 2.98. The predicted molar refractivity (Wildman–Crippen MR) is 80.1 cm³/mol. The van der Waals surface area contributed by atoms with Gasteiger partial charge in [-0.25, -0.2) is 4.79 Å². The molecule has 0 heterocycles. The third-order valence-electron chi connectivity index (χ3n) is 3.35. The Morgan fingerprint density at radius 3 is 2.63 bits per heavy atom. The van der Waals surface area contributed by atoms with E-state index in [1.54, 1.807) is 12.1 Å². The third-order valence-corrected chi connectivity index (χ3v) is 4.02. The summed E-state index contributed by atoms with van der Waals surface area (Å²) in [7, 11) is 0. The summed E-state index contributed by atoms with van der Waals surface area (Å²) < 4.78 is 0.808. The molecule has 19 heavy (non-hydrogen) atoms. The van der Waals surface area contributed by atoms with E-state index < -0.39 is 11.5 Å². The Labute approximate surface area is 124 Å². The maximum Gasteiger partial charge on any atom is 0.337 e. The first-order chi connectivity index (χ1) is 8.89. The van der Waals surface area contributed by atoms with Gasteiger partial charge < -0.3 is 16.2 Å². The molecular formula is C13H15IN2O3. The van der Waals surface area contributed by atoms with E-state index in [4.69, 9.17) is 10.8 Å². The predicted octanol–water partition coefficient (Wildman–Crippen LogP) is 2.20. The molecule has 0 radical (unpaired) electrons. The monoisotopic (exact) mass is 374 g/mol. The molecule has 0 saturated heterocycles. The van der Waals surface area contributed by atoms with Gasteiger partial charge in [0.2, 0.25) is 5.91 Å². The van der Waals surface area contributed by atoms with Crippen molar-refractivity contribution in [2.45, 2.75) is 31.2 Å². The minimum absolute atomic E-state index is 0.0972. The molecule has 2 rings (SSSR count). The van der Waals surface area contributed by atoms with E-state index in [0.717, 1.165) is 22.8 Å². The summed E-state index contributed by atoms with van der Waals surface area (Å²) >= 11 is 2.03. The van der Waals surface area contributed by atoms with Crippen molar-refractivity contribution in [2.24, 2.45) is 5.73 Å². The number of nitrogens with one attached hydrogen (secondary N) is 1. The summed E-state index contributed by atoms with van der Waals surface area (Å²) in [6.45, 7) is 0. The minimum atomic E-state index is -1.06. The lowest BCUT2D eigenvalue weighted by molar-refractivity contribution is -0.118. The molecule has 1 aromatic carbocycles. The highest BCUT2D eigenvalue weighted by atomic mass is 127. The SMILES string of the molecule is NC1(CC(=O)Nc2ccc(I)cc2C(=O)O)CCC1. The summed E-state index contributed by atoms with van der Waals surface area (Å²) in [4.78, 5) is 23.0. The van der Waals surface area contributed by atoms with Gasteiger partial charge in [0.1, 0.15) is 0 Å². The number of benzene rings is 1. The first kappa shape index (κ1) is 14.3. The second-order valence-corrected chi connectivity index (χ2v) is 6.18. The molecule has 0 spiro atoms. The average Bonchev–Trinajstić information content (AvgIpc) is 2.29. The fraction of sp³-hybridized carbons (Fsp3) is 0.385. The summed E-state index contributed by atoms with van der Waals surface area (Å²) in [5.41, 5.74) is 6.01. The van der Waals surface area contributed by atoms with Crippen LogP contribution in [0.15, 0.2) is 18.2 Å². The average molecular weight is 374 g/mol. The van der Waals surface area contributed by atoms with E-state index in [-0.39, 0.29) is 17.9 Å². The van der Waals surface area contributed by atoms with Gasteiger partial charge in [-0.3, -0.25) is 4.79 Å². The number of carboxylic acids is 1. The second kappa shape index (κ2) is 5.46. The molecule has 0 unspecified atom stereocenters. The molecule has 1 amide bonds. The van der Waals surface area contributed by atoms with Crippen molar-refractivity contribution in [3.05, 3.63) is 27.3 Å². The molecular weight excluding hydrogens is 359 g/mol. The highest BCUT2D eigenvalue weighted by molar-refractivity contribution is 14.1. The number of rotatable bonds is 4. The van der Waals surface area contributed by atoms with Crippen LogP contribution in [0, 0.1) is 3.57 Å². The number of carbonyl (C=O) groups is 2. The number of nitrogens with two attached hydrogens (primary N) is 1. The molecule has 0 bridgehead atoms. The number of carboxylic acid groups (broad SMARTS) is 1. The van der Waals surface area contributed by atoms with Crippen LogP contribution >= 0.6 is 22.6 Å². The van der Waals surface area contributed by atoms with Gasteiger partial charge in [0.05, 0.1) is 11.3 Å². The normalized spacial score (nSPS) is 16.5. The zero-order valence-electron chi connectivity index (χ0n) is 10.3. The molecule has 1 aliphatic rings. The topological polar surface area (TPSA) is 92.4 Å². The fourth-order valence-corrected chi connectivity index (χ4v) is 2.62. The second-order valence-electron chi connectivity index (χ2n) is 4.94. The number of hydrogen-bond donors (Lipinski definition) is 3. The van der Waals surface area contributed by atoms with Gasteiger partial charge in [-0.2, -0.15) is 0 Å². The zero-order chi connectivity index (χ0) is 14.0. The molecule has 1 fully saturated rings. The lowest BCUT2D eigenvalue weighted by Gasteiger charge is -2.37. The molecule has 102 valence electrons. The van der Waals surface area contributed by atoms with E-state index in [2.05, 4.69) is 5.32 Å². The summed E-state index contributed by atoms with van der Waals surface area (Å²) in [5, 5.41) is 11.8. The van der Waals surface area contributed by atoms with Gasteiger partial charge in [0, 0.05) is 15.5 Å². The van der Waals surface area contributed by atoms with Crippen LogP contribution in [0.3, 0.4) is 0 Å². The summed E-state index contributed by atoms with van der Waals surface area (Å²) in [6, 6.07) is 4.89. The Hall–Kier alpha value is -1.15. The smallest absolute Gasteiger partial charge is 0.337 e.